The highest BCUT2D eigenvalue weighted by Crippen LogP contribution is 2.37. The molecule has 0 aliphatic carbocycles. The summed E-state index contributed by atoms with van der Waals surface area (Å²) in [7, 11) is 0. The van der Waals surface area contributed by atoms with Crippen LogP contribution < -0.4 is 20.2 Å². The third-order valence-electron chi connectivity index (χ3n) is 9.23. The Hall–Kier alpha value is -5.08. The fourth-order valence-corrected chi connectivity index (χ4v) is 6.31. The molecule has 0 amide bonds. The summed E-state index contributed by atoms with van der Waals surface area (Å²) in [5.41, 5.74) is 1.81. The molecular weight excluding hydrogens is 634 g/mol. The van der Waals surface area contributed by atoms with Crippen LogP contribution in [0.2, 0.25) is 0 Å². The molecule has 256 valence electrons. The van der Waals surface area contributed by atoms with Crippen LogP contribution in [0.3, 0.4) is 0 Å². The van der Waals surface area contributed by atoms with Crippen molar-refractivity contribution < 1.29 is 23.0 Å². The minimum Gasteiger partial charge on any atom is -0.488 e. The standard InChI is InChI=1S/C35H38F2N8O4/c1-3-25(2)45-34(46)44(24-40-45)29-7-5-27(6-8-29)41-14-16-42(17-15-41)28-9-11-30(12-10-28)47-19-33-48-21-35(49-33,20-43-23-38-22-39-43)31-13-4-26(36)18-32(31)37/h4-13,18,22-25,33H,3,14-17,19-21H2,1-2H3/t25-,33+,35-/m1/s1. The summed E-state index contributed by atoms with van der Waals surface area (Å²) in [5.74, 6) is -0.752. The van der Waals surface area contributed by atoms with Gasteiger partial charge in [0, 0.05) is 49.2 Å². The molecule has 0 saturated carbocycles. The van der Waals surface area contributed by atoms with Gasteiger partial charge in [-0.25, -0.2) is 32.5 Å². The van der Waals surface area contributed by atoms with Gasteiger partial charge in [-0.3, -0.25) is 0 Å². The lowest BCUT2D eigenvalue weighted by Gasteiger charge is -2.37. The Morgan fingerprint density at radius 2 is 1.59 bits per heavy atom. The molecule has 0 radical (unpaired) electrons. The van der Waals surface area contributed by atoms with Gasteiger partial charge in [-0.2, -0.15) is 10.2 Å². The number of hydrogen-bond donors (Lipinski definition) is 0. The zero-order valence-corrected chi connectivity index (χ0v) is 27.4. The molecule has 14 heteroatoms. The van der Waals surface area contributed by atoms with Gasteiger partial charge in [0.25, 0.3) is 0 Å². The number of ether oxygens (including phenoxy) is 3. The van der Waals surface area contributed by atoms with E-state index in [1.807, 2.05) is 50.2 Å². The topological polar surface area (TPSA) is 105 Å². The van der Waals surface area contributed by atoms with Crippen molar-refractivity contribution in [2.24, 2.45) is 0 Å². The molecule has 3 aromatic carbocycles. The highest BCUT2D eigenvalue weighted by atomic mass is 19.1. The molecular formula is C35H38F2N8O4. The third kappa shape index (κ3) is 6.78. The van der Waals surface area contributed by atoms with Crippen LogP contribution in [0.15, 0.2) is 90.5 Å². The van der Waals surface area contributed by atoms with E-state index in [0.29, 0.717) is 5.75 Å². The molecule has 7 rings (SSSR count). The van der Waals surface area contributed by atoms with E-state index in [1.54, 1.807) is 10.9 Å². The molecule has 5 aromatic rings. The van der Waals surface area contributed by atoms with Crippen molar-refractivity contribution in [1.82, 2.24) is 29.1 Å². The monoisotopic (exact) mass is 672 g/mol. The van der Waals surface area contributed by atoms with E-state index in [4.69, 9.17) is 14.2 Å². The summed E-state index contributed by atoms with van der Waals surface area (Å²) in [6, 6.07) is 19.3. The van der Waals surface area contributed by atoms with Gasteiger partial charge < -0.3 is 24.0 Å². The highest BCUT2D eigenvalue weighted by molar-refractivity contribution is 5.54. The predicted molar refractivity (Wildman–Crippen MR) is 178 cm³/mol. The first-order valence-electron chi connectivity index (χ1n) is 16.4. The van der Waals surface area contributed by atoms with Gasteiger partial charge in [0.1, 0.15) is 48.6 Å². The second-order valence-corrected chi connectivity index (χ2v) is 12.4. The van der Waals surface area contributed by atoms with Gasteiger partial charge in [-0.05, 0) is 67.9 Å². The van der Waals surface area contributed by atoms with Crippen LogP contribution in [0.1, 0.15) is 31.9 Å². The van der Waals surface area contributed by atoms with Gasteiger partial charge in [-0.15, -0.1) is 0 Å². The summed E-state index contributed by atoms with van der Waals surface area (Å²) in [6.07, 6.45) is 4.53. The van der Waals surface area contributed by atoms with E-state index in [0.717, 1.165) is 55.7 Å². The maximum Gasteiger partial charge on any atom is 0.350 e. The van der Waals surface area contributed by atoms with E-state index in [1.165, 1.54) is 34.2 Å². The number of aromatic nitrogens is 6. The summed E-state index contributed by atoms with van der Waals surface area (Å²) < 4.78 is 51.3. The minimum absolute atomic E-state index is 0.0303. The molecule has 0 N–H and O–H groups in total. The maximum atomic E-state index is 14.9. The van der Waals surface area contributed by atoms with Crippen molar-refractivity contribution in [3.05, 3.63) is 113 Å². The molecule has 49 heavy (non-hydrogen) atoms. The molecule has 2 saturated heterocycles. The molecule has 2 aliphatic heterocycles. The largest absolute Gasteiger partial charge is 0.488 e. The SMILES string of the molecule is CC[C@@H](C)n1ncn(-c2ccc(N3CCN(c4ccc(OC[C@H]5OC[C@](Cn6cncn6)(c6ccc(F)cc6F)O5)cc4)CC3)cc2)c1=O. The van der Waals surface area contributed by atoms with E-state index < -0.39 is 23.5 Å². The average molecular weight is 673 g/mol. The number of halogens is 2. The Morgan fingerprint density at radius 3 is 2.22 bits per heavy atom. The lowest BCUT2D eigenvalue weighted by atomic mass is 9.94. The molecule has 12 nitrogen and oxygen atoms in total. The first kappa shape index (κ1) is 32.5. The molecule has 2 aromatic heterocycles. The Labute approximate surface area is 282 Å². The number of rotatable bonds is 11. The zero-order valence-electron chi connectivity index (χ0n) is 27.4. The van der Waals surface area contributed by atoms with Gasteiger partial charge in [0.05, 0.1) is 24.9 Å². The van der Waals surface area contributed by atoms with Crippen LogP contribution in [0.4, 0.5) is 20.2 Å². The van der Waals surface area contributed by atoms with Crippen LogP contribution in [0, 0.1) is 11.6 Å². The normalized spacial score (nSPS) is 20.1. The quantitative estimate of drug-likeness (QED) is 0.200. The van der Waals surface area contributed by atoms with Gasteiger partial charge in [-0.1, -0.05) is 13.0 Å². The number of piperazine rings is 1. The van der Waals surface area contributed by atoms with Crippen LogP contribution in [0.25, 0.3) is 5.69 Å². The zero-order chi connectivity index (χ0) is 34.0. The second kappa shape index (κ2) is 13.8. The minimum atomic E-state index is -1.23. The number of nitrogens with zero attached hydrogens (tertiary/aromatic N) is 8. The lowest BCUT2D eigenvalue weighted by Crippen LogP contribution is -2.46. The molecule has 4 heterocycles. The Balaban J connectivity index is 0.925. The molecule has 2 fully saturated rings. The fourth-order valence-electron chi connectivity index (χ4n) is 6.31. The number of anilines is 2. The lowest BCUT2D eigenvalue weighted by molar-refractivity contribution is -0.117. The smallest absolute Gasteiger partial charge is 0.350 e. The van der Waals surface area contributed by atoms with Crippen LogP contribution in [-0.4, -0.2) is 74.8 Å². The molecule has 3 atom stereocenters. The molecule has 0 unspecified atom stereocenters. The van der Waals surface area contributed by atoms with E-state index in [-0.39, 0.29) is 37.1 Å². The van der Waals surface area contributed by atoms with Crippen molar-refractivity contribution in [3.63, 3.8) is 0 Å². The third-order valence-corrected chi connectivity index (χ3v) is 9.23. The van der Waals surface area contributed by atoms with Gasteiger partial charge in [0.15, 0.2) is 6.29 Å². The maximum absolute atomic E-state index is 14.9. The Kier molecular flexibility index (Phi) is 9.15. The number of hydrogen-bond acceptors (Lipinski definition) is 9. The van der Waals surface area contributed by atoms with Crippen molar-refractivity contribution >= 4 is 11.4 Å². The first-order chi connectivity index (χ1) is 23.8. The summed E-state index contributed by atoms with van der Waals surface area (Å²) in [5, 5.41) is 8.41. The summed E-state index contributed by atoms with van der Waals surface area (Å²) in [4.78, 5) is 21.4. The molecule has 0 spiro atoms. The summed E-state index contributed by atoms with van der Waals surface area (Å²) >= 11 is 0. The van der Waals surface area contributed by atoms with Crippen LogP contribution in [0.5, 0.6) is 5.75 Å². The van der Waals surface area contributed by atoms with E-state index >= 15 is 0 Å². The van der Waals surface area contributed by atoms with E-state index in [9.17, 15) is 13.6 Å². The number of benzene rings is 3. The van der Waals surface area contributed by atoms with Crippen molar-refractivity contribution in [3.8, 4) is 11.4 Å². The second-order valence-electron chi connectivity index (χ2n) is 12.4. The van der Waals surface area contributed by atoms with Crippen molar-refractivity contribution in [2.45, 2.75) is 44.7 Å². The molecule has 2 aliphatic rings. The fraction of sp³-hybridized carbons (Fsp3) is 0.371. The molecule has 0 bridgehead atoms. The van der Waals surface area contributed by atoms with E-state index in [2.05, 4.69) is 37.1 Å². The van der Waals surface area contributed by atoms with Gasteiger partial charge in [0.2, 0.25) is 0 Å². The summed E-state index contributed by atoms with van der Waals surface area (Å²) in [6.45, 7) is 7.66. The van der Waals surface area contributed by atoms with Crippen LogP contribution >= 0.6 is 0 Å². The van der Waals surface area contributed by atoms with Crippen molar-refractivity contribution in [2.75, 3.05) is 49.2 Å². The predicted octanol–water partition coefficient (Wildman–Crippen LogP) is 4.55. The van der Waals surface area contributed by atoms with Gasteiger partial charge >= 0.3 is 5.69 Å². The Bertz CT molecular complexity index is 1910. The highest BCUT2D eigenvalue weighted by Gasteiger charge is 2.45. The average Bonchev–Trinajstić information content (AvgIpc) is 3.88. The van der Waals surface area contributed by atoms with Crippen molar-refractivity contribution in [1.29, 1.82) is 0 Å². The Morgan fingerprint density at radius 1 is 0.918 bits per heavy atom. The van der Waals surface area contributed by atoms with Crippen LogP contribution in [-0.2, 0) is 21.6 Å². The first-order valence-corrected chi connectivity index (χ1v) is 16.4.